The van der Waals surface area contributed by atoms with Crippen LogP contribution >= 0.6 is 0 Å². The van der Waals surface area contributed by atoms with Gasteiger partial charge < -0.3 is 14.2 Å². The molecule has 2 N–H and O–H groups in total. The van der Waals surface area contributed by atoms with E-state index in [2.05, 4.69) is 20.5 Å². The third kappa shape index (κ3) is 3.16. The van der Waals surface area contributed by atoms with E-state index in [1.165, 1.54) is 25.5 Å². The number of furan rings is 1. The van der Waals surface area contributed by atoms with Crippen LogP contribution in [0, 0.1) is 13.8 Å². The van der Waals surface area contributed by atoms with Crippen molar-refractivity contribution in [2.24, 2.45) is 0 Å². The Bertz CT molecular complexity index is 915. The summed E-state index contributed by atoms with van der Waals surface area (Å²) in [5, 5.41) is 9.90. The fourth-order valence-corrected chi connectivity index (χ4v) is 3.43. The van der Waals surface area contributed by atoms with E-state index in [0.29, 0.717) is 23.4 Å². The highest BCUT2D eigenvalue weighted by atomic mass is 16.3. The molecule has 7 heteroatoms. The van der Waals surface area contributed by atoms with Crippen LogP contribution in [-0.2, 0) is 0 Å². The smallest absolute Gasteiger partial charge is 0.278 e. The summed E-state index contributed by atoms with van der Waals surface area (Å²) in [6.45, 7) is 3.76. The van der Waals surface area contributed by atoms with Gasteiger partial charge in [0.15, 0.2) is 23.2 Å². The van der Waals surface area contributed by atoms with Crippen molar-refractivity contribution in [1.82, 2.24) is 15.2 Å². The van der Waals surface area contributed by atoms with Gasteiger partial charge in [0.05, 0.1) is 0 Å². The summed E-state index contributed by atoms with van der Waals surface area (Å²) in [6.07, 6.45) is 7.22. The van der Waals surface area contributed by atoms with Crippen molar-refractivity contribution in [1.29, 1.82) is 0 Å². The second kappa shape index (κ2) is 6.82. The number of anilines is 1. The number of rotatable bonds is 4. The Hall–Kier alpha value is -2.83. The lowest BCUT2D eigenvalue weighted by molar-refractivity contribution is 0.102. The van der Waals surface area contributed by atoms with Gasteiger partial charge in [-0.25, -0.2) is 4.98 Å². The van der Waals surface area contributed by atoms with Crippen LogP contribution in [0.5, 0.6) is 0 Å². The Morgan fingerprint density at radius 2 is 2.04 bits per heavy atom. The maximum absolute atomic E-state index is 12.5. The van der Waals surface area contributed by atoms with Crippen molar-refractivity contribution in [3.8, 4) is 11.5 Å². The topological polar surface area (TPSA) is 97.0 Å². The number of nitrogens with zero attached hydrogens (tertiary/aromatic N) is 2. The molecule has 0 radical (unpaired) electrons. The molecular formula is C19H22N4O3. The highest BCUT2D eigenvalue weighted by Crippen LogP contribution is 2.32. The summed E-state index contributed by atoms with van der Waals surface area (Å²) < 4.78 is 11.2. The van der Waals surface area contributed by atoms with Gasteiger partial charge in [0.1, 0.15) is 17.7 Å². The van der Waals surface area contributed by atoms with Crippen LogP contribution in [0.15, 0.2) is 27.2 Å². The molecule has 7 nitrogen and oxygen atoms in total. The second-order valence-electron chi connectivity index (χ2n) is 6.84. The predicted molar refractivity (Wildman–Crippen MR) is 96.0 cm³/mol. The minimum absolute atomic E-state index is 0.281. The minimum atomic E-state index is -0.326. The van der Waals surface area contributed by atoms with Crippen molar-refractivity contribution in [3.05, 3.63) is 41.3 Å². The number of hydrogen-bond acceptors (Lipinski definition) is 5. The molecule has 0 bridgehead atoms. The molecule has 1 aliphatic rings. The number of aromatic amines is 1. The van der Waals surface area contributed by atoms with Gasteiger partial charge in [-0.3, -0.25) is 9.89 Å². The predicted octanol–water partition coefficient (Wildman–Crippen LogP) is 4.57. The van der Waals surface area contributed by atoms with Crippen LogP contribution in [0.1, 0.15) is 65.7 Å². The number of hydrogen-bond donors (Lipinski definition) is 2. The van der Waals surface area contributed by atoms with Gasteiger partial charge in [0, 0.05) is 11.5 Å². The SMILES string of the molecule is Cc1ccc(-c2[nH]nc(NC(=O)c3coc(C4CCCCC4)n3)c2C)o1. The minimum Gasteiger partial charge on any atom is -0.460 e. The Morgan fingerprint density at radius 1 is 1.23 bits per heavy atom. The van der Waals surface area contributed by atoms with E-state index in [1.54, 1.807) is 0 Å². The fraction of sp³-hybridized carbons (Fsp3) is 0.421. The molecule has 136 valence electrons. The molecule has 0 spiro atoms. The number of H-pyrrole nitrogens is 1. The molecule has 0 aromatic carbocycles. The van der Waals surface area contributed by atoms with E-state index in [9.17, 15) is 4.79 Å². The largest absolute Gasteiger partial charge is 0.460 e. The fourth-order valence-electron chi connectivity index (χ4n) is 3.43. The van der Waals surface area contributed by atoms with Gasteiger partial charge in [-0.1, -0.05) is 19.3 Å². The number of carbonyl (C=O) groups excluding carboxylic acids is 1. The number of nitrogens with one attached hydrogen (secondary N) is 2. The summed E-state index contributed by atoms with van der Waals surface area (Å²) in [7, 11) is 0. The van der Waals surface area contributed by atoms with E-state index in [1.807, 2.05) is 26.0 Å². The summed E-state index contributed by atoms with van der Waals surface area (Å²) in [5.41, 5.74) is 1.84. The van der Waals surface area contributed by atoms with E-state index in [4.69, 9.17) is 8.83 Å². The molecule has 0 unspecified atom stereocenters. The molecule has 1 amide bonds. The van der Waals surface area contributed by atoms with Gasteiger partial charge in [-0.15, -0.1) is 0 Å². The van der Waals surface area contributed by atoms with E-state index in [0.717, 1.165) is 29.9 Å². The van der Waals surface area contributed by atoms with E-state index < -0.39 is 0 Å². The molecule has 0 saturated heterocycles. The molecule has 1 saturated carbocycles. The number of amides is 1. The first-order valence-electron chi connectivity index (χ1n) is 9.00. The monoisotopic (exact) mass is 354 g/mol. The molecule has 0 aliphatic heterocycles. The lowest BCUT2D eigenvalue weighted by atomic mass is 9.89. The number of oxazole rings is 1. The van der Waals surface area contributed by atoms with Crippen molar-refractivity contribution >= 4 is 11.7 Å². The third-order valence-electron chi connectivity index (χ3n) is 4.94. The second-order valence-corrected chi connectivity index (χ2v) is 6.84. The normalized spacial score (nSPS) is 15.3. The maximum Gasteiger partial charge on any atom is 0.278 e. The molecule has 1 fully saturated rings. The number of carbonyl (C=O) groups is 1. The molecule has 3 aromatic heterocycles. The van der Waals surface area contributed by atoms with Crippen LogP contribution in [0.25, 0.3) is 11.5 Å². The lowest BCUT2D eigenvalue weighted by Gasteiger charge is -2.17. The molecule has 3 aromatic rings. The van der Waals surface area contributed by atoms with Crippen LogP contribution in [0.4, 0.5) is 5.82 Å². The maximum atomic E-state index is 12.5. The highest BCUT2D eigenvalue weighted by Gasteiger charge is 2.23. The van der Waals surface area contributed by atoms with Crippen molar-refractivity contribution in [3.63, 3.8) is 0 Å². The van der Waals surface area contributed by atoms with Crippen LogP contribution in [0.2, 0.25) is 0 Å². The van der Waals surface area contributed by atoms with Crippen molar-refractivity contribution < 1.29 is 13.6 Å². The third-order valence-corrected chi connectivity index (χ3v) is 4.94. The Morgan fingerprint density at radius 3 is 2.77 bits per heavy atom. The zero-order chi connectivity index (χ0) is 18.1. The quantitative estimate of drug-likeness (QED) is 0.715. The van der Waals surface area contributed by atoms with Gasteiger partial charge in [0.25, 0.3) is 5.91 Å². The van der Waals surface area contributed by atoms with Crippen LogP contribution in [0.3, 0.4) is 0 Å². The average molecular weight is 354 g/mol. The summed E-state index contributed by atoms with van der Waals surface area (Å²) in [6, 6.07) is 3.76. The van der Waals surface area contributed by atoms with Crippen molar-refractivity contribution in [2.45, 2.75) is 51.9 Å². The first kappa shape index (κ1) is 16.6. The lowest BCUT2D eigenvalue weighted by Crippen LogP contribution is -2.14. The Labute approximate surface area is 151 Å². The first-order chi connectivity index (χ1) is 12.6. The van der Waals surface area contributed by atoms with Crippen LogP contribution < -0.4 is 5.32 Å². The Kier molecular flexibility index (Phi) is 4.36. The number of aryl methyl sites for hydroxylation is 1. The van der Waals surface area contributed by atoms with Gasteiger partial charge in [-0.05, 0) is 38.8 Å². The average Bonchev–Trinajstić information content (AvgIpc) is 3.37. The van der Waals surface area contributed by atoms with Gasteiger partial charge in [-0.2, -0.15) is 5.10 Å². The molecule has 26 heavy (non-hydrogen) atoms. The summed E-state index contributed by atoms with van der Waals surface area (Å²) in [5.74, 6) is 2.63. The molecule has 1 aliphatic carbocycles. The Balaban J connectivity index is 1.48. The van der Waals surface area contributed by atoms with E-state index >= 15 is 0 Å². The van der Waals surface area contributed by atoms with Crippen LogP contribution in [-0.4, -0.2) is 21.1 Å². The van der Waals surface area contributed by atoms with Gasteiger partial charge in [0.2, 0.25) is 0 Å². The zero-order valence-electron chi connectivity index (χ0n) is 15.0. The zero-order valence-corrected chi connectivity index (χ0v) is 15.0. The molecule has 0 atom stereocenters. The molecule has 3 heterocycles. The highest BCUT2D eigenvalue weighted by molar-refractivity contribution is 6.02. The summed E-state index contributed by atoms with van der Waals surface area (Å²) in [4.78, 5) is 16.9. The number of aromatic nitrogens is 3. The molecular weight excluding hydrogens is 332 g/mol. The van der Waals surface area contributed by atoms with Gasteiger partial charge >= 0.3 is 0 Å². The van der Waals surface area contributed by atoms with Crippen molar-refractivity contribution in [2.75, 3.05) is 5.32 Å². The van der Waals surface area contributed by atoms with E-state index in [-0.39, 0.29) is 11.6 Å². The molecule has 4 rings (SSSR count). The first-order valence-corrected chi connectivity index (χ1v) is 9.00. The summed E-state index contributed by atoms with van der Waals surface area (Å²) >= 11 is 0. The standard InChI is InChI=1S/C19H22N4O3/c1-11-8-9-15(26-11)16-12(2)17(23-22-16)21-18(24)14-10-25-19(20-14)13-6-4-3-5-7-13/h8-10,13H,3-7H2,1-2H3,(H2,21,22,23,24).